The summed E-state index contributed by atoms with van der Waals surface area (Å²) < 4.78 is 55.8. The van der Waals surface area contributed by atoms with Crippen molar-refractivity contribution in [2.24, 2.45) is 0 Å². The van der Waals surface area contributed by atoms with Crippen LogP contribution in [0.25, 0.3) is 11.1 Å². The third-order valence-electron chi connectivity index (χ3n) is 4.93. The minimum atomic E-state index is -4.96. The Morgan fingerprint density at radius 1 is 1.13 bits per heavy atom. The van der Waals surface area contributed by atoms with Crippen LogP contribution >= 0.6 is 0 Å². The van der Waals surface area contributed by atoms with Crippen molar-refractivity contribution < 1.29 is 47.2 Å². The van der Waals surface area contributed by atoms with Gasteiger partial charge in [0.05, 0.1) is 17.3 Å². The molecule has 1 aromatic heterocycles. The Morgan fingerprint density at radius 3 is 2.19 bits per heavy atom. The van der Waals surface area contributed by atoms with Crippen molar-refractivity contribution in [1.82, 2.24) is 15.1 Å². The van der Waals surface area contributed by atoms with E-state index in [1.54, 1.807) is 10.9 Å². The van der Waals surface area contributed by atoms with E-state index in [2.05, 4.69) is 15.2 Å². The second-order valence-corrected chi connectivity index (χ2v) is 7.11. The molecule has 1 amide bonds. The van der Waals surface area contributed by atoms with Crippen molar-refractivity contribution >= 4 is 63.6 Å². The third kappa shape index (κ3) is 5.68. The van der Waals surface area contributed by atoms with E-state index in [9.17, 15) is 22.4 Å². The molecule has 3 saturated carbocycles. The molecule has 0 atom stereocenters. The fraction of sp³-hybridized carbons (Fsp3) is 0.353. The molecule has 9 nitrogen and oxygen atoms in total. The molecule has 2 bridgehead atoms. The molecule has 0 saturated heterocycles. The fourth-order valence-corrected chi connectivity index (χ4v) is 3.96. The van der Waals surface area contributed by atoms with Crippen molar-refractivity contribution in [2.75, 3.05) is 0 Å². The van der Waals surface area contributed by atoms with Crippen molar-refractivity contribution in [2.45, 2.75) is 36.7 Å². The molecule has 3 aliphatic rings. The number of alkyl halides is 3. The molecule has 3 fully saturated rings. The Morgan fingerprint density at radius 2 is 1.71 bits per heavy atom. The van der Waals surface area contributed by atoms with Gasteiger partial charge in [-0.15, -0.1) is 13.2 Å². The van der Waals surface area contributed by atoms with Crippen LogP contribution in [0, 0.1) is 5.82 Å². The number of benzene rings is 1. The molecule has 3 aliphatic carbocycles. The summed E-state index contributed by atoms with van der Waals surface area (Å²) >= 11 is 0. The van der Waals surface area contributed by atoms with Gasteiger partial charge < -0.3 is 25.4 Å². The number of hydrogen-bond acceptors (Lipinski definition) is 4. The SMILES string of the molecule is O=C(O)NC12CC(n3cc(-c4ccc(OC(F)(F)F)c(F)c4)cn3)(C1)C2.O=C(O)O.[KH]. The molecule has 0 radical (unpaired) electrons. The number of carbonyl (C=O) groups is 2. The first-order valence-electron chi connectivity index (χ1n) is 8.37. The number of amides is 1. The van der Waals surface area contributed by atoms with E-state index in [0.29, 0.717) is 30.4 Å². The standard InChI is InChI=1S/C16H13F4N3O3.CH2O3.K.H/c17-11-3-9(1-2-12(11)26-16(18,19)20)10-4-21-23(5-10)15-6-14(7-15,8-15)22-13(24)25;2-1(3)4;;/h1-5,22H,6-8H2,(H,24,25);(H2,2,3,4);;. The van der Waals surface area contributed by atoms with Gasteiger partial charge in [0.2, 0.25) is 0 Å². The second-order valence-electron chi connectivity index (χ2n) is 7.11. The zero-order valence-electron chi connectivity index (χ0n) is 15.0. The average Bonchev–Trinajstić information content (AvgIpc) is 2.99. The van der Waals surface area contributed by atoms with Gasteiger partial charge in [0.1, 0.15) is 0 Å². The van der Waals surface area contributed by atoms with Gasteiger partial charge >= 0.3 is 70.0 Å². The van der Waals surface area contributed by atoms with Gasteiger partial charge in [0, 0.05) is 11.8 Å². The summed E-state index contributed by atoms with van der Waals surface area (Å²) in [7, 11) is 0. The molecule has 31 heavy (non-hydrogen) atoms. The van der Waals surface area contributed by atoms with E-state index in [-0.39, 0.29) is 62.5 Å². The number of hydrogen-bond donors (Lipinski definition) is 4. The van der Waals surface area contributed by atoms with Crippen LogP contribution in [0.2, 0.25) is 0 Å². The summed E-state index contributed by atoms with van der Waals surface area (Å²) in [6.45, 7) is 0. The van der Waals surface area contributed by atoms with Gasteiger partial charge in [-0.1, -0.05) is 6.07 Å². The average molecular weight is 473 g/mol. The zero-order chi connectivity index (χ0) is 22.3. The summed E-state index contributed by atoms with van der Waals surface area (Å²) in [5, 5.41) is 29.5. The van der Waals surface area contributed by atoms with Gasteiger partial charge in [0.25, 0.3) is 0 Å². The number of nitrogens with zero attached hydrogens (tertiary/aromatic N) is 2. The number of halogens is 4. The first kappa shape index (κ1) is 25.4. The van der Waals surface area contributed by atoms with Crippen LogP contribution in [0.15, 0.2) is 30.6 Å². The normalized spacial score (nSPS) is 23.1. The molecule has 1 aromatic carbocycles. The number of ether oxygens (including phenoxy) is 1. The van der Waals surface area contributed by atoms with E-state index in [1.807, 2.05) is 0 Å². The Bertz CT molecular complexity index is 973. The van der Waals surface area contributed by atoms with Crippen LogP contribution in [0.5, 0.6) is 5.75 Å². The Kier molecular flexibility index (Phi) is 7.32. The maximum absolute atomic E-state index is 13.8. The molecule has 0 spiro atoms. The van der Waals surface area contributed by atoms with Crippen molar-refractivity contribution in [3.63, 3.8) is 0 Å². The molecule has 1 heterocycles. The van der Waals surface area contributed by atoms with Crippen LogP contribution in [-0.4, -0.2) is 101 Å². The van der Waals surface area contributed by atoms with Crippen LogP contribution in [0.4, 0.5) is 27.2 Å². The van der Waals surface area contributed by atoms with Crippen LogP contribution in [-0.2, 0) is 5.54 Å². The summed E-state index contributed by atoms with van der Waals surface area (Å²) in [4.78, 5) is 19.3. The van der Waals surface area contributed by atoms with Gasteiger partial charge in [-0.25, -0.2) is 14.0 Å². The van der Waals surface area contributed by atoms with Gasteiger partial charge in [-0.2, -0.15) is 5.10 Å². The molecule has 4 N–H and O–H groups in total. The fourth-order valence-electron chi connectivity index (χ4n) is 3.96. The summed E-state index contributed by atoms with van der Waals surface area (Å²) in [6, 6.07) is 3.20. The molecule has 2 aromatic rings. The minimum absolute atomic E-state index is 0. The number of nitrogens with one attached hydrogen (secondary N) is 1. The molecule has 0 unspecified atom stereocenters. The Balaban J connectivity index is 0.000000631. The predicted molar refractivity (Wildman–Crippen MR) is 97.8 cm³/mol. The molecule has 14 heteroatoms. The van der Waals surface area contributed by atoms with Gasteiger partial charge in [-0.3, -0.25) is 4.68 Å². The van der Waals surface area contributed by atoms with E-state index in [0.717, 1.165) is 12.1 Å². The van der Waals surface area contributed by atoms with Crippen molar-refractivity contribution in [1.29, 1.82) is 0 Å². The van der Waals surface area contributed by atoms with E-state index >= 15 is 0 Å². The number of rotatable bonds is 4. The van der Waals surface area contributed by atoms with Crippen molar-refractivity contribution in [3.05, 3.63) is 36.4 Å². The summed E-state index contributed by atoms with van der Waals surface area (Å²) in [5.74, 6) is -2.02. The van der Waals surface area contributed by atoms with Crippen LogP contribution in [0.3, 0.4) is 0 Å². The predicted octanol–water partition coefficient (Wildman–Crippen LogP) is 3.06. The number of carboxylic acid groups (broad SMARTS) is 3. The zero-order valence-corrected chi connectivity index (χ0v) is 15.0. The molecular weight excluding hydrogens is 457 g/mol. The van der Waals surface area contributed by atoms with Gasteiger partial charge in [0.15, 0.2) is 11.6 Å². The Hall–Kier alpha value is -1.87. The van der Waals surface area contributed by atoms with Crippen LogP contribution in [0.1, 0.15) is 19.3 Å². The second kappa shape index (κ2) is 8.94. The van der Waals surface area contributed by atoms with Gasteiger partial charge in [-0.05, 0) is 37.0 Å². The molecule has 5 rings (SSSR count). The van der Waals surface area contributed by atoms with E-state index < -0.39 is 30.2 Å². The molecular formula is C17H16F4KN3O6. The van der Waals surface area contributed by atoms with Crippen LogP contribution < -0.4 is 10.1 Å². The topological polar surface area (TPSA) is 134 Å². The van der Waals surface area contributed by atoms with Crippen molar-refractivity contribution in [3.8, 4) is 16.9 Å². The maximum atomic E-state index is 13.8. The third-order valence-corrected chi connectivity index (χ3v) is 4.93. The quantitative estimate of drug-likeness (QED) is 0.396. The monoisotopic (exact) mass is 473 g/mol. The first-order chi connectivity index (χ1) is 13.8. The van der Waals surface area contributed by atoms with E-state index in [1.165, 1.54) is 12.3 Å². The summed E-state index contributed by atoms with van der Waals surface area (Å²) in [5.41, 5.74) is 0.278. The van der Waals surface area contributed by atoms with E-state index in [4.69, 9.17) is 20.1 Å². The first-order valence-corrected chi connectivity index (χ1v) is 8.37. The molecule has 0 aliphatic heterocycles. The number of aromatic nitrogens is 2. The summed E-state index contributed by atoms with van der Waals surface area (Å²) in [6.07, 6.45) is -2.80. The molecule has 164 valence electrons. The Labute approximate surface area is 214 Å².